The van der Waals surface area contributed by atoms with Crippen molar-refractivity contribution in [3.05, 3.63) is 23.8 Å². The quantitative estimate of drug-likeness (QED) is 0.206. The molecule has 1 N–H and O–H groups in total. The van der Waals surface area contributed by atoms with E-state index in [4.69, 9.17) is 23.7 Å². The molecule has 2 heterocycles. The molecule has 1 saturated carbocycles. The van der Waals surface area contributed by atoms with Crippen LogP contribution in [0.2, 0.25) is 0 Å². The lowest BCUT2D eigenvalue weighted by atomic mass is 9.54. The van der Waals surface area contributed by atoms with Crippen molar-refractivity contribution in [1.29, 1.82) is 0 Å². The Bertz CT molecular complexity index is 1090. The largest absolute Gasteiger partial charge is 0.459 e. The standard InChI is InChI=1S/C28H37BrO10/c1-7-8-20(32)37-18-10-9-17(12-29)11-19-28(34,14(3)26(33)38-19)24(36-16(5)31)21-13(2)22(35-15(4)30)23-25(39-23)27(18,21)6/h9-11,13-14,18-19,21-25,34H,7-8,12H2,1-6H3/b10-9-,17-11+/t13-,14+,18+,19+,21-,22+,23+,24+,25+,27-,28+/m1/s1. The van der Waals surface area contributed by atoms with Gasteiger partial charge in [-0.25, -0.2) is 0 Å². The van der Waals surface area contributed by atoms with E-state index < -0.39 is 89.3 Å². The van der Waals surface area contributed by atoms with Gasteiger partial charge in [0.2, 0.25) is 0 Å². The molecule has 0 amide bonds. The van der Waals surface area contributed by atoms with Crippen molar-refractivity contribution in [3.63, 3.8) is 0 Å². The third kappa shape index (κ3) is 5.06. The smallest absolute Gasteiger partial charge is 0.312 e. The summed E-state index contributed by atoms with van der Waals surface area (Å²) in [6.07, 6.45) is 0.875. The summed E-state index contributed by atoms with van der Waals surface area (Å²) >= 11 is 3.45. The summed E-state index contributed by atoms with van der Waals surface area (Å²) in [6, 6.07) is 0. The lowest BCUT2D eigenvalue weighted by Crippen LogP contribution is -2.67. The number of aliphatic hydroxyl groups is 1. The van der Waals surface area contributed by atoms with Gasteiger partial charge in [0.25, 0.3) is 0 Å². The van der Waals surface area contributed by atoms with Crippen LogP contribution in [0.3, 0.4) is 0 Å². The second kappa shape index (κ2) is 11.0. The van der Waals surface area contributed by atoms with Crippen molar-refractivity contribution in [3.8, 4) is 0 Å². The Hall–Kier alpha value is -2.24. The molecule has 3 fully saturated rings. The van der Waals surface area contributed by atoms with Crippen molar-refractivity contribution in [2.45, 2.75) is 96.6 Å². The van der Waals surface area contributed by atoms with Crippen molar-refractivity contribution >= 4 is 39.8 Å². The van der Waals surface area contributed by atoms with E-state index in [9.17, 15) is 24.3 Å². The van der Waals surface area contributed by atoms with Crippen LogP contribution in [0, 0.1) is 23.2 Å². The first kappa shape index (κ1) is 29.7. The third-order valence-corrected chi connectivity index (χ3v) is 9.37. The van der Waals surface area contributed by atoms with Crippen LogP contribution in [0.5, 0.6) is 0 Å². The number of esters is 4. The number of fused-ring (bicyclic) bond motifs is 4. The highest BCUT2D eigenvalue weighted by molar-refractivity contribution is 9.09. The van der Waals surface area contributed by atoms with Gasteiger partial charge in [-0.2, -0.15) is 0 Å². The SMILES string of the molecule is CCCC(=O)O[C@H]1/C=C\C(CBr)=C/[C@@H]2OC(=O)[C@H](C)[C@@]2(O)[C@@H](OC(C)=O)[C@H]2[C@@H](C)[C@H](OC(C)=O)[C@@H]3O[C@@H]3[C@@]21C. The van der Waals surface area contributed by atoms with E-state index >= 15 is 0 Å². The number of rotatable bonds is 6. The first-order chi connectivity index (χ1) is 18.3. The molecule has 4 rings (SSSR count). The molecule has 4 aliphatic rings. The lowest BCUT2D eigenvalue weighted by molar-refractivity contribution is -0.218. The van der Waals surface area contributed by atoms with E-state index in [0.29, 0.717) is 17.3 Å². The highest BCUT2D eigenvalue weighted by Crippen LogP contribution is 2.61. The number of carbonyl (C=O) groups is 4. The minimum absolute atomic E-state index is 0.200. The molecule has 11 atom stereocenters. The van der Waals surface area contributed by atoms with Crippen LogP contribution in [-0.4, -0.2) is 76.5 Å². The number of halogens is 1. The molecular weight excluding hydrogens is 576 g/mol. The van der Waals surface area contributed by atoms with Crippen LogP contribution in [-0.2, 0) is 42.9 Å². The second-order valence-electron chi connectivity index (χ2n) is 11.2. The van der Waals surface area contributed by atoms with Gasteiger partial charge in [-0.05, 0) is 31.1 Å². The van der Waals surface area contributed by atoms with E-state index in [1.165, 1.54) is 20.8 Å². The normalized spacial score (nSPS) is 44.8. The zero-order valence-corrected chi connectivity index (χ0v) is 24.6. The molecule has 216 valence electrons. The van der Waals surface area contributed by atoms with E-state index in [0.717, 1.165) is 0 Å². The average Bonchev–Trinajstić information content (AvgIpc) is 3.63. The molecular formula is C28H37BrO10. The summed E-state index contributed by atoms with van der Waals surface area (Å²) in [5, 5.41) is 12.8. The zero-order valence-electron chi connectivity index (χ0n) is 23.0. The highest BCUT2D eigenvalue weighted by Gasteiger charge is 2.74. The van der Waals surface area contributed by atoms with Gasteiger partial charge in [-0.15, -0.1) is 0 Å². The van der Waals surface area contributed by atoms with E-state index in [-0.39, 0.29) is 6.42 Å². The highest BCUT2D eigenvalue weighted by atomic mass is 79.9. The Balaban J connectivity index is 1.97. The number of hydrogen-bond acceptors (Lipinski definition) is 10. The third-order valence-electron chi connectivity index (χ3n) is 8.72. The Labute approximate surface area is 236 Å². The van der Waals surface area contributed by atoms with Crippen LogP contribution in [0.15, 0.2) is 23.8 Å². The molecule has 39 heavy (non-hydrogen) atoms. The van der Waals surface area contributed by atoms with Crippen LogP contribution in [0.25, 0.3) is 0 Å². The molecule has 0 spiro atoms. The monoisotopic (exact) mass is 612 g/mol. The Kier molecular flexibility index (Phi) is 8.36. The molecule has 2 saturated heterocycles. The van der Waals surface area contributed by atoms with Gasteiger partial charge >= 0.3 is 23.9 Å². The van der Waals surface area contributed by atoms with Gasteiger partial charge in [0.1, 0.15) is 24.4 Å². The summed E-state index contributed by atoms with van der Waals surface area (Å²) in [6.45, 7) is 9.62. The molecule has 10 nitrogen and oxygen atoms in total. The Morgan fingerprint density at radius 2 is 1.79 bits per heavy atom. The van der Waals surface area contributed by atoms with Crippen LogP contribution < -0.4 is 0 Å². The first-order valence-electron chi connectivity index (χ1n) is 13.4. The Morgan fingerprint density at radius 1 is 1.13 bits per heavy atom. The molecule has 2 aliphatic heterocycles. The van der Waals surface area contributed by atoms with Gasteiger partial charge < -0.3 is 28.8 Å². The second-order valence-corrected chi connectivity index (χ2v) is 11.8. The fraction of sp³-hybridized carbons (Fsp3) is 0.714. The number of epoxide rings is 1. The summed E-state index contributed by atoms with van der Waals surface area (Å²) in [5.41, 5.74) is -2.38. The van der Waals surface area contributed by atoms with Gasteiger partial charge in [0.05, 0.1) is 12.0 Å². The van der Waals surface area contributed by atoms with Gasteiger partial charge in [-0.3, -0.25) is 19.2 Å². The predicted octanol–water partition coefficient (Wildman–Crippen LogP) is 2.79. The number of hydrogen-bond donors (Lipinski definition) is 1. The van der Waals surface area contributed by atoms with Crippen LogP contribution >= 0.6 is 15.9 Å². The Morgan fingerprint density at radius 3 is 2.38 bits per heavy atom. The molecule has 0 aromatic rings. The maximum atomic E-state index is 12.9. The van der Waals surface area contributed by atoms with Gasteiger partial charge in [0.15, 0.2) is 11.7 Å². The topological polar surface area (TPSA) is 138 Å². The molecule has 0 aromatic carbocycles. The maximum Gasteiger partial charge on any atom is 0.312 e. The number of allylic oxidation sites excluding steroid dienone is 2. The molecule has 0 bridgehead atoms. The molecule has 11 heteroatoms. The van der Waals surface area contributed by atoms with E-state index in [2.05, 4.69) is 15.9 Å². The minimum Gasteiger partial charge on any atom is -0.459 e. The van der Waals surface area contributed by atoms with Crippen molar-refractivity contribution in [2.24, 2.45) is 23.2 Å². The fourth-order valence-electron chi connectivity index (χ4n) is 6.75. The lowest BCUT2D eigenvalue weighted by Gasteiger charge is -2.53. The van der Waals surface area contributed by atoms with Gasteiger partial charge in [0, 0.05) is 42.8 Å². The van der Waals surface area contributed by atoms with Crippen LogP contribution in [0.1, 0.15) is 54.4 Å². The van der Waals surface area contributed by atoms with Crippen molar-refractivity contribution < 1.29 is 48.0 Å². The summed E-state index contributed by atoms with van der Waals surface area (Å²) < 4.78 is 29.4. The van der Waals surface area contributed by atoms with E-state index in [1.54, 1.807) is 18.2 Å². The summed E-state index contributed by atoms with van der Waals surface area (Å²) in [5.74, 6) is -4.62. The fourth-order valence-corrected chi connectivity index (χ4v) is 7.12. The zero-order chi connectivity index (χ0) is 28.9. The maximum absolute atomic E-state index is 12.9. The molecule has 0 unspecified atom stereocenters. The van der Waals surface area contributed by atoms with Crippen molar-refractivity contribution in [2.75, 3.05) is 5.33 Å². The number of carbonyl (C=O) groups excluding carboxylic acids is 4. The first-order valence-corrected chi connectivity index (χ1v) is 14.5. The van der Waals surface area contributed by atoms with Gasteiger partial charge in [-0.1, -0.05) is 42.8 Å². The predicted molar refractivity (Wildman–Crippen MR) is 140 cm³/mol. The molecule has 0 aromatic heterocycles. The minimum atomic E-state index is -1.98. The number of ether oxygens (including phenoxy) is 5. The summed E-state index contributed by atoms with van der Waals surface area (Å²) in [7, 11) is 0. The van der Waals surface area contributed by atoms with E-state index in [1.807, 2.05) is 20.8 Å². The van der Waals surface area contributed by atoms with Crippen molar-refractivity contribution in [1.82, 2.24) is 0 Å². The number of alkyl halides is 1. The molecule has 0 radical (unpaired) electrons. The average molecular weight is 613 g/mol. The van der Waals surface area contributed by atoms with Crippen LogP contribution in [0.4, 0.5) is 0 Å². The summed E-state index contributed by atoms with van der Waals surface area (Å²) in [4.78, 5) is 50.4. The molecule has 2 aliphatic carbocycles.